The number of nitrogens with zero attached hydrogens (tertiary/aromatic N) is 1. The van der Waals surface area contributed by atoms with Gasteiger partial charge in [0, 0.05) is 29.4 Å². The maximum Gasteiger partial charge on any atom is 0.251 e. The normalized spacial score (nSPS) is 26.9. The van der Waals surface area contributed by atoms with E-state index in [2.05, 4.69) is 10.3 Å². The predicted molar refractivity (Wildman–Crippen MR) is 59.9 cm³/mol. The summed E-state index contributed by atoms with van der Waals surface area (Å²) in [4.78, 5) is 15.7. The first-order valence-electron chi connectivity index (χ1n) is 5.41. The van der Waals surface area contributed by atoms with Gasteiger partial charge >= 0.3 is 0 Å². The van der Waals surface area contributed by atoms with Crippen molar-refractivity contribution in [2.24, 2.45) is 5.41 Å². The minimum atomic E-state index is -0.324. The van der Waals surface area contributed by atoms with Gasteiger partial charge in [0.05, 0.1) is 6.10 Å². The second kappa shape index (κ2) is 3.87. The summed E-state index contributed by atoms with van der Waals surface area (Å²) >= 11 is 0. The van der Waals surface area contributed by atoms with Crippen LogP contribution < -0.4 is 5.32 Å². The Bertz CT molecular complexity index is 389. The largest absolute Gasteiger partial charge is 0.392 e. The quantitative estimate of drug-likeness (QED) is 0.780. The van der Waals surface area contributed by atoms with Crippen LogP contribution in [0, 0.1) is 5.41 Å². The lowest BCUT2D eigenvalue weighted by molar-refractivity contribution is -0.0689. The number of hydrogen-bond acceptors (Lipinski definition) is 3. The maximum absolute atomic E-state index is 11.8. The number of aromatic nitrogens is 1. The van der Waals surface area contributed by atoms with Crippen molar-refractivity contribution in [1.82, 2.24) is 10.3 Å². The number of nitrogens with one attached hydrogen (secondary N) is 1. The first-order valence-corrected chi connectivity index (χ1v) is 5.41. The van der Waals surface area contributed by atoms with Crippen LogP contribution in [-0.4, -0.2) is 28.1 Å². The van der Waals surface area contributed by atoms with Gasteiger partial charge in [-0.3, -0.25) is 9.78 Å². The Morgan fingerprint density at radius 1 is 1.50 bits per heavy atom. The Labute approximate surface area is 94.7 Å². The van der Waals surface area contributed by atoms with Crippen molar-refractivity contribution in [2.75, 3.05) is 0 Å². The average molecular weight is 220 g/mol. The maximum atomic E-state index is 11.8. The first-order chi connectivity index (χ1) is 7.51. The lowest BCUT2D eigenvalue weighted by Gasteiger charge is -2.49. The summed E-state index contributed by atoms with van der Waals surface area (Å²) in [6, 6.07) is 3.40. The molecule has 0 aliphatic heterocycles. The molecule has 2 atom stereocenters. The van der Waals surface area contributed by atoms with Crippen LogP contribution in [0.4, 0.5) is 0 Å². The number of aliphatic hydroxyl groups is 1. The summed E-state index contributed by atoms with van der Waals surface area (Å²) in [5.41, 5.74) is 0.370. The Morgan fingerprint density at radius 2 is 2.12 bits per heavy atom. The Kier molecular flexibility index (Phi) is 2.68. The van der Waals surface area contributed by atoms with Gasteiger partial charge in [-0.1, -0.05) is 13.8 Å². The fourth-order valence-corrected chi connectivity index (χ4v) is 1.89. The Morgan fingerprint density at radius 3 is 2.62 bits per heavy atom. The molecule has 2 unspecified atom stereocenters. The fourth-order valence-electron chi connectivity index (χ4n) is 1.89. The molecule has 4 nitrogen and oxygen atoms in total. The molecule has 0 saturated heterocycles. The molecule has 1 fully saturated rings. The third-order valence-corrected chi connectivity index (χ3v) is 3.46. The molecule has 2 rings (SSSR count). The molecule has 2 N–H and O–H groups in total. The van der Waals surface area contributed by atoms with Gasteiger partial charge < -0.3 is 10.4 Å². The van der Waals surface area contributed by atoms with Gasteiger partial charge in [0.15, 0.2) is 0 Å². The highest BCUT2D eigenvalue weighted by Crippen LogP contribution is 2.40. The minimum absolute atomic E-state index is 0.0446. The highest BCUT2D eigenvalue weighted by Gasteiger charge is 2.47. The second-order valence-electron chi connectivity index (χ2n) is 4.83. The minimum Gasteiger partial charge on any atom is -0.392 e. The monoisotopic (exact) mass is 220 g/mol. The molecule has 1 aromatic heterocycles. The van der Waals surface area contributed by atoms with Crippen LogP contribution in [0.25, 0.3) is 0 Å². The first kappa shape index (κ1) is 11.1. The predicted octanol–water partition coefficient (Wildman–Crippen LogP) is 0.971. The number of carbonyl (C=O) groups is 1. The van der Waals surface area contributed by atoms with E-state index in [-0.39, 0.29) is 23.5 Å². The van der Waals surface area contributed by atoms with E-state index < -0.39 is 0 Å². The fraction of sp³-hybridized carbons (Fsp3) is 0.500. The molecule has 1 amide bonds. The summed E-state index contributed by atoms with van der Waals surface area (Å²) < 4.78 is 0. The highest BCUT2D eigenvalue weighted by atomic mass is 16.3. The van der Waals surface area contributed by atoms with E-state index in [9.17, 15) is 9.90 Å². The van der Waals surface area contributed by atoms with Crippen molar-refractivity contribution in [3.8, 4) is 0 Å². The van der Waals surface area contributed by atoms with Crippen molar-refractivity contribution in [3.63, 3.8) is 0 Å². The molecular formula is C12H16N2O2. The van der Waals surface area contributed by atoms with Crippen LogP contribution in [0.3, 0.4) is 0 Å². The second-order valence-corrected chi connectivity index (χ2v) is 4.83. The van der Waals surface area contributed by atoms with Gasteiger partial charge in [0.2, 0.25) is 0 Å². The summed E-state index contributed by atoms with van der Waals surface area (Å²) in [6.45, 7) is 3.91. The van der Waals surface area contributed by atoms with E-state index in [1.165, 1.54) is 0 Å². The number of pyridine rings is 1. The third kappa shape index (κ3) is 1.80. The molecule has 0 bridgehead atoms. The molecule has 1 heterocycles. The smallest absolute Gasteiger partial charge is 0.251 e. The van der Waals surface area contributed by atoms with Gasteiger partial charge in [-0.25, -0.2) is 0 Å². The van der Waals surface area contributed by atoms with Crippen LogP contribution in [0.5, 0.6) is 0 Å². The van der Waals surface area contributed by atoms with E-state index in [1.54, 1.807) is 24.5 Å². The van der Waals surface area contributed by atoms with Gasteiger partial charge in [0.25, 0.3) is 5.91 Å². The highest BCUT2D eigenvalue weighted by molar-refractivity contribution is 5.94. The lowest BCUT2D eigenvalue weighted by Crippen LogP contribution is -2.61. The topological polar surface area (TPSA) is 62.2 Å². The molecule has 0 aromatic carbocycles. The Hall–Kier alpha value is -1.42. The van der Waals surface area contributed by atoms with Gasteiger partial charge in [-0.05, 0) is 18.6 Å². The van der Waals surface area contributed by atoms with Gasteiger partial charge in [-0.2, -0.15) is 0 Å². The summed E-state index contributed by atoms with van der Waals surface area (Å²) in [7, 11) is 0. The zero-order chi connectivity index (χ0) is 11.8. The molecule has 4 heteroatoms. The van der Waals surface area contributed by atoms with Crippen molar-refractivity contribution in [1.29, 1.82) is 0 Å². The van der Waals surface area contributed by atoms with Crippen LogP contribution in [0.15, 0.2) is 24.5 Å². The number of amides is 1. The van der Waals surface area contributed by atoms with Crippen molar-refractivity contribution in [2.45, 2.75) is 32.4 Å². The summed E-state index contributed by atoms with van der Waals surface area (Å²) in [5, 5.41) is 12.5. The van der Waals surface area contributed by atoms with E-state index in [4.69, 9.17) is 0 Å². The summed E-state index contributed by atoms with van der Waals surface area (Å²) in [5.74, 6) is -0.104. The molecule has 86 valence electrons. The van der Waals surface area contributed by atoms with E-state index in [0.717, 1.165) is 0 Å². The number of aliphatic hydroxyl groups excluding tert-OH is 1. The van der Waals surface area contributed by atoms with E-state index in [0.29, 0.717) is 12.0 Å². The van der Waals surface area contributed by atoms with Crippen molar-refractivity contribution < 1.29 is 9.90 Å². The van der Waals surface area contributed by atoms with Crippen molar-refractivity contribution >= 4 is 5.91 Å². The molecule has 1 saturated carbocycles. The molecule has 0 spiro atoms. The Balaban J connectivity index is 2.00. The van der Waals surface area contributed by atoms with Crippen LogP contribution >= 0.6 is 0 Å². The van der Waals surface area contributed by atoms with Gasteiger partial charge in [-0.15, -0.1) is 0 Å². The average Bonchev–Trinajstić information content (AvgIpc) is 2.29. The van der Waals surface area contributed by atoms with E-state index >= 15 is 0 Å². The van der Waals surface area contributed by atoms with Crippen LogP contribution in [-0.2, 0) is 0 Å². The van der Waals surface area contributed by atoms with Crippen molar-refractivity contribution in [3.05, 3.63) is 30.1 Å². The molecule has 0 radical (unpaired) electrons. The standard InChI is InChI=1S/C12H16N2O2/c1-12(2)9(7-10(12)15)14-11(16)8-3-5-13-6-4-8/h3-6,9-10,15H,7H2,1-2H3,(H,14,16). The third-order valence-electron chi connectivity index (χ3n) is 3.46. The lowest BCUT2D eigenvalue weighted by atomic mass is 9.64. The molecule has 1 aromatic rings. The SMILES string of the molecule is CC1(C)C(O)CC1NC(=O)c1ccncc1. The number of carbonyl (C=O) groups excluding carboxylic acids is 1. The van der Waals surface area contributed by atoms with Gasteiger partial charge in [0.1, 0.15) is 0 Å². The van der Waals surface area contributed by atoms with Crippen LogP contribution in [0.2, 0.25) is 0 Å². The van der Waals surface area contributed by atoms with Crippen LogP contribution in [0.1, 0.15) is 30.6 Å². The van der Waals surface area contributed by atoms with E-state index in [1.807, 2.05) is 13.8 Å². The number of hydrogen-bond donors (Lipinski definition) is 2. The number of rotatable bonds is 2. The molecule has 1 aliphatic carbocycles. The zero-order valence-electron chi connectivity index (χ0n) is 9.47. The molecule has 1 aliphatic rings. The summed E-state index contributed by atoms with van der Waals surface area (Å²) in [6.07, 6.45) is 3.49. The zero-order valence-corrected chi connectivity index (χ0v) is 9.47. The molecule has 16 heavy (non-hydrogen) atoms. The molecular weight excluding hydrogens is 204 g/mol.